The molecule has 6 nitrogen and oxygen atoms in total. The summed E-state index contributed by atoms with van der Waals surface area (Å²) in [6.45, 7) is 2.62. The fraction of sp³-hybridized carbons (Fsp3) is 0.348. The molecule has 3 rings (SSSR count). The average molecular weight is 410 g/mol. The Morgan fingerprint density at radius 2 is 2.13 bits per heavy atom. The minimum absolute atomic E-state index is 0.0379. The lowest BCUT2D eigenvalue weighted by Gasteiger charge is -2.24. The number of allylic oxidation sites excluding steroid dienone is 5. The number of likely N-dealkylation sites (tertiary alicyclic amines) is 1. The third kappa shape index (κ3) is 5.73. The second-order valence-electron chi connectivity index (χ2n) is 7.35. The number of H-pyrrole nitrogens is 1. The number of halogens is 1. The van der Waals surface area contributed by atoms with E-state index in [0.29, 0.717) is 30.2 Å². The highest BCUT2D eigenvalue weighted by Crippen LogP contribution is 2.30. The van der Waals surface area contributed by atoms with E-state index in [0.717, 1.165) is 12.8 Å². The zero-order valence-electron chi connectivity index (χ0n) is 17.2. The lowest BCUT2D eigenvalue weighted by atomic mass is 10.0. The molecule has 0 aliphatic carbocycles. The largest absolute Gasteiger partial charge is 0.332 e. The van der Waals surface area contributed by atoms with Crippen LogP contribution < -0.4 is 5.73 Å². The molecule has 1 amide bonds. The zero-order chi connectivity index (χ0) is 21.3. The molecule has 7 heteroatoms. The number of carbonyl (C=O) groups is 1. The fourth-order valence-electron chi connectivity index (χ4n) is 3.60. The number of rotatable bonds is 8. The second kappa shape index (κ2) is 10.6. The van der Waals surface area contributed by atoms with E-state index in [-0.39, 0.29) is 24.2 Å². The minimum atomic E-state index is -0.437. The summed E-state index contributed by atoms with van der Waals surface area (Å²) in [4.78, 5) is 19.2. The SMILES string of the molecule is CC=CC=CC=Cc1n[nH]c([C@@H]2CCCN2C(=O)C[C@H](N)Cc2ccccc2F)n1. The number of nitrogens with two attached hydrogens (primary N) is 1. The Morgan fingerprint density at radius 1 is 1.33 bits per heavy atom. The zero-order valence-corrected chi connectivity index (χ0v) is 17.2. The first-order valence-electron chi connectivity index (χ1n) is 10.2. The maximum absolute atomic E-state index is 13.8. The molecule has 0 radical (unpaired) electrons. The van der Waals surface area contributed by atoms with Gasteiger partial charge in [-0.1, -0.05) is 48.6 Å². The number of carbonyl (C=O) groups excluding carboxylic acids is 1. The number of aromatic nitrogens is 3. The predicted molar refractivity (Wildman–Crippen MR) is 116 cm³/mol. The van der Waals surface area contributed by atoms with Crippen LogP contribution >= 0.6 is 0 Å². The van der Waals surface area contributed by atoms with Crippen LogP contribution in [0.2, 0.25) is 0 Å². The van der Waals surface area contributed by atoms with Gasteiger partial charge in [0.25, 0.3) is 0 Å². The van der Waals surface area contributed by atoms with Crippen LogP contribution in [-0.2, 0) is 11.2 Å². The van der Waals surface area contributed by atoms with Gasteiger partial charge in [-0.05, 0) is 43.9 Å². The molecule has 2 aromatic rings. The molecule has 1 aromatic heterocycles. The number of amides is 1. The van der Waals surface area contributed by atoms with Gasteiger partial charge in [-0.3, -0.25) is 9.89 Å². The number of aromatic amines is 1. The minimum Gasteiger partial charge on any atom is -0.332 e. The topological polar surface area (TPSA) is 87.9 Å². The number of benzene rings is 1. The van der Waals surface area contributed by atoms with Crippen LogP contribution in [0.5, 0.6) is 0 Å². The van der Waals surface area contributed by atoms with Crippen molar-refractivity contribution < 1.29 is 9.18 Å². The number of hydrogen-bond donors (Lipinski definition) is 2. The Kier molecular flexibility index (Phi) is 7.68. The van der Waals surface area contributed by atoms with Crippen LogP contribution in [0.1, 0.15) is 49.4 Å². The molecule has 1 aromatic carbocycles. The summed E-state index contributed by atoms with van der Waals surface area (Å²) in [7, 11) is 0. The van der Waals surface area contributed by atoms with Crippen molar-refractivity contribution in [3.8, 4) is 0 Å². The number of hydrogen-bond acceptors (Lipinski definition) is 4. The normalized spacial score (nSPS) is 18.2. The Balaban J connectivity index is 1.60. The molecular weight excluding hydrogens is 381 g/mol. The van der Waals surface area contributed by atoms with E-state index in [4.69, 9.17) is 5.73 Å². The van der Waals surface area contributed by atoms with Gasteiger partial charge < -0.3 is 10.6 Å². The van der Waals surface area contributed by atoms with Crippen LogP contribution in [0, 0.1) is 5.82 Å². The summed E-state index contributed by atoms with van der Waals surface area (Å²) >= 11 is 0. The van der Waals surface area contributed by atoms with Crippen molar-refractivity contribution in [2.45, 2.75) is 44.7 Å². The number of nitrogens with zero attached hydrogens (tertiary/aromatic N) is 3. The summed E-state index contributed by atoms with van der Waals surface area (Å²) in [5.74, 6) is 0.928. The van der Waals surface area contributed by atoms with Crippen molar-refractivity contribution in [2.24, 2.45) is 5.73 Å². The molecule has 2 atom stereocenters. The molecule has 0 bridgehead atoms. The van der Waals surface area contributed by atoms with Gasteiger partial charge >= 0.3 is 0 Å². The van der Waals surface area contributed by atoms with Crippen molar-refractivity contribution in [1.29, 1.82) is 0 Å². The van der Waals surface area contributed by atoms with Gasteiger partial charge in [-0.25, -0.2) is 9.37 Å². The van der Waals surface area contributed by atoms with Crippen molar-refractivity contribution >= 4 is 12.0 Å². The van der Waals surface area contributed by atoms with Crippen LogP contribution in [0.15, 0.2) is 54.6 Å². The van der Waals surface area contributed by atoms with E-state index in [1.54, 1.807) is 23.1 Å². The van der Waals surface area contributed by atoms with E-state index < -0.39 is 6.04 Å². The predicted octanol–water partition coefficient (Wildman–Crippen LogP) is 3.71. The molecule has 0 unspecified atom stereocenters. The van der Waals surface area contributed by atoms with Gasteiger partial charge in [0.2, 0.25) is 5.91 Å². The van der Waals surface area contributed by atoms with E-state index >= 15 is 0 Å². The van der Waals surface area contributed by atoms with E-state index in [2.05, 4.69) is 15.2 Å². The van der Waals surface area contributed by atoms with E-state index in [1.807, 2.05) is 43.4 Å². The standard InChI is InChI=1S/C23H28FN5O/c1-2-3-4-5-6-13-21-26-23(28-27-21)20-12-9-14-29(20)22(30)16-18(25)15-17-10-7-8-11-19(17)24/h2-8,10-11,13,18,20H,9,12,14-16,25H2,1H3,(H,26,27,28)/t18-,20+/m1/s1. The molecule has 3 N–H and O–H groups in total. The average Bonchev–Trinajstić information content (AvgIpc) is 3.39. The van der Waals surface area contributed by atoms with Gasteiger partial charge in [-0.15, -0.1) is 0 Å². The molecule has 158 valence electrons. The molecule has 1 aliphatic heterocycles. The highest BCUT2D eigenvalue weighted by atomic mass is 19.1. The third-order valence-electron chi connectivity index (χ3n) is 5.06. The summed E-state index contributed by atoms with van der Waals surface area (Å²) in [6.07, 6.45) is 13.6. The van der Waals surface area contributed by atoms with Crippen molar-refractivity contribution in [1.82, 2.24) is 20.1 Å². The first-order chi connectivity index (χ1) is 14.6. The molecule has 30 heavy (non-hydrogen) atoms. The molecule has 1 fully saturated rings. The van der Waals surface area contributed by atoms with Gasteiger partial charge in [0.1, 0.15) is 11.6 Å². The highest BCUT2D eigenvalue weighted by Gasteiger charge is 2.32. The number of nitrogens with one attached hydrogen (secondary N) is 1. The van der Waals surface area contributed by atoms with Crippen LogP contribution in [0.4, 0.5) is 4.39 Å². The maximum Gasteiger partial charge on any atom is 0.224 e. The monoisotopic (exact) mass is 409 g/mol. The van der Waals surface area contributed by atoms with Crippen LogP contribution in [0.3, 0.4) is 0 Å². The first kappa shape index (κ1) is 21.6. The first-order valence-corrected chi connectivity index (χ1v) is 10.2. The summed E-state index contributed by atoms with van der Waals surface area (Å²) in [5, 5.41) is 7.18. The molecular formula is C23H28FN5O. The van der Waals surface area contributed by atoms with Crippen molar-refractivity contribution in [3.05, 3.63) is 77.7 Å². The van der Waals surface area contributed by atoms with E-state index in [9.17, 15) is 9.18 Å². The van der Waals surface area contributed by atoms with Gasteiger partial charge in [0, 0.05) is 19.0 Å². The quantitative estimate of drug-likeness (QED) is 0.651. The lowest BCUT2D eigenvalue weighted by molar-refractivity contribution is -0.132. The molecule has 1 aliphatic rings. The van der Waals surface area contributed by atoms with Gasteiger partial charge in [-0.2, -0.15) is 5.10 Å². The molecule has 0 spiro atoms. The maximum atomic E-state index is 13.8. The third-order valence-corrected chi connectivity index (χ3v) is 5.06. The van der Waals surface area contributed by atoms with Crippen LogP contribution in [-0.4, -0.2) is 38.6 Å². The van der Waals surface area contributed by atoms with Crippen LogP contribution in [0.25, 0.3) is 6.08 Å². The highest BCUT2D eigenvalue weighted by molar-refractivity contribution is 5.77. The summed E-state index contributed by atoms with van der Waals surface area (Å²) < 4.78 is 13.8. The Labute approximate surface area is 176 Å². The van der Waals surface area contributed by atoms with E-state index in [1.165, 1.54) is 6.07 Å². The smallest absolute Gasteiger partial charge is 0.224 e. The molecule has 0 saturated carbocycles. The van der Waals surface area contributed by atoms with Crippen molar-refractivity contribution in [2.75, 3.05) is 6.54 Å². The molecule has 2 heterocycles. The Bertz CT molecular complexity index is 933. The Morgan fingerprint density at radius 3 is 2.93 bits per heavy atom. The summed E-state index contributed by atoms with van der Waals surface area (Å²) in [5.41, 5.74) is 6.68. The van der Waals surface area contributed by atoms with Crippen molar-refractivity contribution in [3.63, 3.8) is 0 Å². The van der Waals surface area contributed by atoms with Gasteiger partial charge in [0.05, 0.1) is 6.04 Å². The second-order valence-corrected chi connectivity index (χ2v) is 7.35. The van der Waals surface area contributed by atoms with Gasteiger partial charge in [0.15, 0.2) is 5.82 Å². The fourth-order valence-corrected chi connectivity index (χ4v) is 3.60. The lowest BCUT2D eigenvalue weighted by Crippen LogP contribution is -2.36. The molecule has 1 saturated heterocycles. The Hall–Kier alpha value is -3.06. The summed E-state index contributed by atoms with van der Waals surface area (Å²) in [6, 6.07) is 5.96.